The smallest absolute Gasteiger partial charge is 0.291 e. The number of anilines is 1. The maximum Gasteiger partial charge on any atom is 0.291 e. The zero-order valence-electron chi connectivity index (χ0n) is 16.4. The van der Waals surface area contributed by atoms with Gasteiger partial charge in [0, 0.05) is 11.1 Å². The summed E-state index contributed by atoms with van der Waals surface area (Å²) in [6.07, 6.45) is 0.384. The van der Waals surface area contributed by atoms with E-state index in [-0.39, 0.29) is 17.3 Å². The van der Waals surface area contributed by atoms with Gasteiger partial charge in [0.1, 0.15) is 23.2 Å². The number of aryl methyl sites for hydroxylation is 2. The lowest BCUT2D eigenvalue weighted by atomic mass is 10.2. The van der Waals surface area contributed by atoms with Crippen LogP contribution in [0.5, 0.6) is 0 Å². The molecule has 4 aromatic rings. The van der Waals surface area contributed by atoms with E-state index in [9.17, 15) is 14.0 Å². The molecule has 0 radical (unpaired) electrons. The molecule has 1 atom stereocenters. The lowest BCUT2D eigenvalue weighted by Crippen LogP contribution is -2.36. The zero-order chi connectivity index (χ0) is 20.7. The number of amides is 1. The van der Waals surface area contributed by atoms with Gasteiger partial charge >= 0.3 is 0 Å². The Morgan fingerprint density at radius 3 is 2.52 bits per heavy atom. The van der Waals surface area contributed by atoms with Crippen LogP contribution in [-0.4, -0.2) is 20.1 Å². The number of nitrogens with one attached hydrogen (secondary N) is 1. The molecule has 0 aliphatic carbocycles. The number of fused-ring (bicyclic) bond motifs is 3. The van der Waals surface area contributed by atoms with E-state index >= 15 is 0 Å². The van der Waals surface area contributed by atoms with Gasteiger partial charge in [-0.15, -0.1) is 0 Å². The molecule has 1 amide bonds. The highest BCUT2D eigenvalue weighted by atomic mass is 19.1. The Labute approximate surface area is 166 Å². The summed E-state index contributed by atoms with van der Waals surface area (Å²) >= 11 is 0. The fourth-order valence-corrected chi connectivity index (χ4v) is 3.64. The minimum Gasteiger partial charge on any atom is -0.324 e. The topological polar surface area (TPSA) is 68.4 Å². The van der Waals surface area contributed by atoms with Crippen molar-refractivity contribution in [2.75, 3.05) is 5.32 Å². The van der Waals surface area contributed by atoms with Crippen LogP contribution in [0.25, 0.3) is 16.4 Å². The molecule has 29 heavy (non-hydrogen) atoms. The Morgan fingerprint density at radius 2 is 1.83 bits per heavy atom. The summed E-state index contributed by atoms with van der Waals surface area (Å²) in [6.45, 7) is 5.63. The molecule has 7 heteroatoms. The van der Waals surface area contributed by atoms with Gasteiger partial charge in [0.05, 0.1) is 5.52 Å². The number of halogens is 1. The van der Waals surface area contributed by atoms with Crippen molar-refractivity contribution < 1.29 is 9.18 Å². The van der Waals surface area contributed by atoms with Gasteiger partial charge in [0.2, 0.25) is 5.91 Å². The van der Waals surface area contributed by atoms with Crippen LogP contribution in [0.1, 0.15) is 30.8 Å². The number of aromatic nitrogens is 3. The molecule has 4 rings (SSSR count). The average molecular weight is 392 g/mol. The van der Waals surface area contributed by atoms with E-state index in [2.05, 4.69) is 10.4 Å². The third kappa shape index (κ3) is 3.29. The van der Waals surface area contributed by atoms with Crippen molar-refractivity contribution in [3.8, 4) is 0 Å². The predicted molar refractivity (Wildman–Crippen MR) is 111 cm³/mol. The number of rotatable bonds is 4. The summed E-state index contributed by atoms with van der Waals surface area (Å²) in [6, 6.07) is 12.5. The Bertz CT molecular complexity index is 1290. The highest BCUT2D eigenvalue weighted by Gasteiger charge is 2.23. The van der Waals surface area contributed by atoms with Crippen LogP contribution in [0.4, 0.5) is 10.1 Å². The molecule has 2 aromatic carbocycles. The van der Waals surface area contributed by atoms with E-state index in [0.29, 0.717) is 23.4 Å². The number of benzene rings is 2. The Hall–Kier alpha value is -3.48. The van der Waals surface area contributed by atoms with Crippen molar-refractivity contribution in [2.24, 2.45) is 0 Å². The number of hydrogen-bond donors (Lipinski definition) is 1. The van der Waals surface area contributed by atoms with Crippen LogP contribution >= 0.6 is 0 Å². The zero-order valence-corrected chi connectivity index (χ0v) is 16.4. The third-order valence-electron chi connectivity index (χ3n) is 5.06. The third-order valence-corrected chi connectivity index (χ3v) is 5.06. The van der Waals surface area contributed by atoms with Crippen LogP contribution in [0.15, 0.2) is 53.3 Å². The molecule has 0 unspecified atom stereocenters. The molecule has 0 fully saturated rings. The fourth-order valence-electron chi connectivity index (χ4n) is 3.64. The van der Waals surface area contributed by atoms with E-state index < -0.39 is 6.04 Å². The lowest BCUT2D eigenvalue weighted by Gasteiger charge is -2.18. The van der Waals surface area contributed by atoms with Crippen molar-refractivity contribution >= 4 is 28.0 Å². The number of carbonyl (C=O) groups excluding carboxylic acids is 1. The van der Waals surface area contributed by atoms with Crippen LogP contribution in [0, 0.1) is 19.7 Å². The summed E-state index contributed by atoms with van der Waals surface area (Å²) in [5.74, 6) is -0.138. The fraction of sp³-hybridized carbons (Fsp3) is 0.227. The predicted octanol–water partition coefficient (Wildman–Crippen LogP) is 3.99. The SMILES string of the molecule is CC[C@H](C(=O)Nc1ccc(F)cc1)n1nc(C)n2c(cc3cc(C)ccc32)c1=O. The van der Waals surface area contributed by atoms with E-state index in [1.807, 2.05) is 49.4 Å². The van der Waals surface area contributed by atoms with Crippen LogP contribution in [0.3, 0.4) is 0 Å². The summed E-state index contributed by atoms with van der Waals surface area (Å²) in [4.78, 5) is 26.0. The maximum atomic E-state index is 13.2. The first-order valence-electron chi connectivity index (χ1n) is 9.46. The largest absolute Gasteiger partial charge is 0.324 e. The van der Waals surface area contributed by atoms with Crippen molar-refractivity contribution in [3.05, 3.63) is 76.1 Å². The van der Waals surface area contributed by atoms with Gasteiger partial charge in [-0.2, -0.15) is 5.10 Å². The molecule has 1 N–H and O–H groups in total. The minimum absolute atomic E-state index is 0.328. The molecule has 2 heterocycles. The molecular formula is C22H21FN4O2. The van der Waals surface area contributed by atoms with Crippen molar-refractivity contribution in [2.45, 2.75) is 33.2 Å². The highest BCUT2D eigenvalue weighted by molar-refractivity contribution is 5.94. The number of nitrogens with zero attached hydrogens (tertiary/aromatic N) is 3. The summed E-state index contributed by atoms with van der Waals surface area (Å²) < 4.78 is 16.2. The Kier molecular flexibility index (Phi) is 4.66. The first kappa shape index (κ1) is 18.9. The molecule has 0 saturated carbocycles. The molecule has 0 bridgehead atoms. The molecule has 148 valence electrons. The van der Waals surface area contributed by atoms with Gasteiger partial charge in [-0.3, -0.25) is 14.0 Å². The van der Waals surface area contributed by atoms with Gasteiger partial charge in [-0.25, -0.2) is 9.07 Å². The molecule has 6 nitrogen and oxygen atoms in total. The molecule has 0 spiro atoms. The lowest BCUT2D eigenvalue weighted by molar-refractivity contribution is -0.119. The van der Waals surface area contributed by atoms with Gasteiger partial charge in [-0.1, -0.05) is 18.6 Å². The standard InChI is InChI=1S/C22H21FN4O2/c1-4-18(21(28)24-17-8-6-16(23)7-9-17)27-22(29)20-12-15-11-13(2)5-10-19(15)26(20)14(3)25-27/h5-12,18H,4H2,1-3H3,(H,24,28)/t18-/m1/s1. The summed E-state index contributed by atoms with van der Waals surface area (Å²) in [5.41, 5.74) is 2.62. The second-order valence-corrected chi connectivity index (χ2v) is 7.14. The van der Waals surface area contributed by atoms with Crippen LogP contribution in [-0.2, 0) is 4.79 Å². The number of carbonyl (C=O) groups is 1. The van der Waals surface area contributed by atoms with Crippen LogP contribution in [0.2, 0.25) is 0 Å². The van der Waals surface area contributed by atoms with Gasteiger partial charge in [-0.05, 0) is 62.7 Å². The quantitative estimate of drug-likeness (QED) is 0.571. The Morgan fingerprint density at radius 1 is 1.10 bits per heavy atom. The first-order chi connectivity index (χ1) is 13.9. The van der Waals surface area contributed by atoms with E-state index in [0.717, 1.165) is 16.5 Å². The van der Waals surface area contributed by atoms with Crippen molar-refractivity contribution in [1.29, 1.82) is 0 Å². The molecular weight excluding hydrogens is 371 g/mol. The van der Waals surface area contributed by atoms with Gasteiger partial charge in [0.15, 0.2) is 0 Å². The Balaban J connectivity index is 1.79. The summed E-state index contributed by atoms with van der Waals surface area (Å²) in [7, 11) is 0. The van der Waals surface area contributed by atoms with Gasteiger partial charge < -0.3 is 5.32 Å². The molecule has 0 saturated heterocycles. The normalized spacial score (nSPS) is 12.4. The average Bonchev–Trinajstić information content (AvgIpc) is 3.07. The monoisotopic (exact) mass is 392 g/mol. The second-order valence-electron chi connectivity index (χ2n) is 7.14. The maximum absolute atomic E-state index is 13.2. The van der Waals surface area contributed by atoms with E-state index in [4.69, 9.17) is 0 Å². The number of hydrogen-bond acceptors (Lipinski definition) is 3. The van der Waals surface area contributed by atoms with Crippen molar-refractivity contribution in [3.63, 3.8) is 0 Å². The molecule has 0 aliphatic rings. The molecule has 2 aromatic heterocycles. The second kappa shape index (κ2) is 7.16. The van der Waals surface area contributed by atoms with Crippen LogP contribution < -0.4 is 10.9 Å². The minimum atomic E-state index is -0.781. The van der Waals surface area contributed by atoms with Gasteiger partial charge in [0.25, 0.3) is 5.56 Å². The first-order valence-corrected chi connectivity index (χ1v) is 9.46. The van der Waals surface area contributed by atoms with E-state index in [1.54, 1.807) is 0 Å². The summed E-state index contributed by atoms with van der Waals surface area (Å²) in [5, 5.41) is 8.13. The molecule has 0 aliphatic heterocycles. The van der Waals surface area contributed by atoms with Crippen molar-refractivity contribution in [1.82, 2.24) is 14.2 Å². The van der Waals surface area contributed by atoms with E-state index in [1.165, 1.54) is 28.9 Å². The highest BCUT2D eigenvalue weighted by Crippen LogP contribution is 2.22.